The minimum absolute atomic E-state index is 0.0636. The number of thiophene rings is 1. The number of rotatable bonds is 19. The number of aromatic nitrogens is 4. The summed E-state index contributed by atoms with van der Waals surface area (Å²) in [4.78, 5) is 36.0. The number of ether oxygens (including phenoxy) is 4. The number of anilines is 3. The minimum atomic E-state index is -0.577. The van der Waals surface area contributed by atoms with Gasteiger partial charge in [-0.3, -0.25) is 19.1 Å². The van der Waals surface area contributed by atoms with Crippen molar-refractivity contribution in [1.29, 1.82) is 0 Å². The molecule has 5 heterocycles. The molecule has 0 bridgehead atoms. The Bertz CT molecular complexity index is 2690. The fraction of sp³-hybridized carbons (Fsp3) is 0.319. The van der Waals surface area contributed by atoms with Gasteiger partial charge < -0.3 is 34.9 Å². The van der Waals surface area contributed by atoms with E-state index in [0.29, 0.717) is 97.7 Å². The van der Waals surface area contributed by atoms with Crippen molar-refractivity contribution in [3.63, 3.8) is 0 Å². The Morgan fingerprint density at radius 3 is 2.36 bits per heavy atom. The Kier molecular flexibility index (Phi) is 14.1. The number of halogens is 2. The van der Waals surface area contributed by atoms with Crippen molar-refractivity contribution in [1.82, 2.24) is 19.7 Å². The number of hydrogen-bond acceptors (Lipinski definition) is 12. The number of carbonyl (C=O) groups is 2. The van der Waals surface area contributed by atoms with Crippen molar-refractivity contribution in [2.45, 2.75) is 46.6 Å². The van der Waals surface area contributed by atoms with Gasteiger partial charge in [-0.2, -0.15) is 0 Å². The number of nitrogens with one attached hydrogen (secondary N) is 3. The highest BCUT2D eigenvalue weighted by Gasteiger charge is 2.32. The molecule has 14 nitrogen and oxygen atoms in total. The van der Waals surface area contributed by atoms with Gasteiger partial charge in [-0.25, -0.2) is 9.37 Å². The van der Waals surface area contributed by atoms with Crippen molar-refractivity contribution in [2.75, 3.05) is 68.7 Å². The summed E-state index contributed by atoms with van der Waals surface area (Å²) >= 11 is 7.91. The van der Waals surface area contributed by atoms with Gasteiger partial charge in [0.1, 0.15) is 40.9 Å². The van der Waals surface area contributed by atoms with Crippen LogP contribution in [0.3, 0.4) is 0 Å². The first-order valence-electron chi connectivity index (χ1n) is 21.0. The summed E-state index contributed by atoms with van der Waals surface area (Å²) in [6.45, 7) is 11.4. The predicted octanol–water partition coefficient (Wildman–Crippen LogP) is 8.37. The average molecular weight is 907 g/mol. The van der Waals surface area contributed by atoms with Gasteiger partial charge in [0.05, 0.1) is 58.2 Å². The normalized spacial score (nSPS) is 14.0. The molecule has 0 aliphatic carbocycles. The third-order valence-electron chi connectivity index (χ3n) is 10.9. The van der Waals surface area contributed by atoms with Crippen LogP contribution in [0.5, 0.6) is 5.75 Å². The molecule has 2 amide bonds. The van der Waals surface area contributed by atoms with Gasteiger partial charge in [0.15, 0.2) is 5.82 Å². The van der Waals surface area contributed by atoms with Crippen LogP contribution in [0.2, 0.25) is 5.02 Å². The summed E-state index contributed by atoms with van der Waals surface area (Å²) in [7, 11) is 0. The number of aryl methyl sites for hydroxylation is 3. The second-order valence-corrected chi connectivity index (χ2v) is 17.0. The number of benzene rings is 3. The van der Waals surface area contributed by atoms with Gasteiger partial charge in [-0.05, 0) is 99.0 Å². The third-order valence-corrected chi connectivity index (χ3v) is 12.3. The topological polar surface area (TPSA) is 163 Å². The van der Waals surface area contributed by atoms with Gasteiger partial charge in [0.25, 0.3) is 0 Å². The number of pyridine rings is 1. The lowest BCUT2D eigenvalue weighted by Crippen LogP contribution is -2.17. The van der Waals surface area contributed by atoms with E-state index in [1.807, 2.05) is 48.7 Å². The number of nitrogens with zero attached hydrogens (tertiary/aromatic N) is 5. The summed E-state index contributed by atoms with van der Waals surface area (Å²) in [5, 5.41) is 19.4. The van der Waals surface area contributed by atoms with E-state index in [1.165, 1.54) is 10.9 Å². The molecule has 3 aromatic carbocycles. The lowest BCUT2D eigenvalue weighted by atomic mass is 9.99. The molecule has 3 aromatic heterocycles. The number of fused-ring (bicyclic) bond motifs is 4. The molecule has 64 heavy (non-hydrogen) atoms. The average Bonchev–Trinajstić information content (AvgIpc) is 3.90. The maximum atomic E-state index is 14.8. The molecule has 6 aromatic rings. The molecule has 332 valence electrons. The molecule has 3 N–H and O–H groups in total. The maximum absolute atomic E-state index is 14.8. The number of amides is 2. The molecule has 0 spiro atoms. The van der Waals surface area contributed by atoms with E-state index in [2.05, 4.69) is 45.0 Å². The summed E-state index contributed by atoms with van der Waals surface area (Å²) in [6.07, 6.45) is 1.95. The van der Waals surface area contributed by atoms with Crippen LogP contribution in [0.25, 0.3) is 16.1 Å². The Labute approximate surface area is 379 Å². The molecule has 0 unspecified atom stereocenters. The molecule has 1 atom stereocenters. The molecule has 0 fully saturated rings. The molecule has 0 saturated carbocycles. The van der Waals surface area contributed by atoms with E-state index in [4.69, 9.17) is 35.5 Å². The second kappa shape index (κ2) is 20.2. The number of hydrogen-bond donors (Lipinski definition) is 3. The summed E-state index contributed by atoms with van der Waals surface area (Å²) in [5.41, 5.74) is 7.75. The molecule has 17 heteroatoms. The lowest BCUT2D eigenvalue weighted by Gasteiger charge is -2.13. The molecule has 0 radical (unpaired) electrons. The van der Waals surface area contributed by atoms with E-state index >= 15 is 0 Å². The Balaban J connectivity index is 0.709. The van der Waals surface area contributed by atoms with E-state index in [9.17, 15) is 14.0 Å². The first-order valence-corrected chi connectivity index (χ1v) is 22.2. The number of aliphatic imine (C=N–C) groups is 1. The van der Waals surface area contributed by atoms with Crippen molar-refractivity contribution in [2.24, 2.45) is 4.99 Å². The standard InChI is InChI=1S/C47H48ClFN8O6S/c1-27-21-41(51-26-37(27)36-22-32-23-42(58)53-39(32)24-38(36)49)50-13-14-60-15-16-61-17-18-62-19-20-63-35-11-9-34(10-12-35)52-43(59)25-40-46-56-55-30(4)57(46)47-44(28(2)29(3)64-47)45(54-40)31-5-7-33(48)8-6-31/h5-12,21-22,24,26,40H,13-20,23,25H2,1-4H3,(H,50,51)(H,52,59)(H,53,58)/t40-/m0/s1. The van der Waals surface area contributed by atoms with Crippen LogP contribution in [0, 0.1) is 33.5 Å². The zero-order valence-corrected chi connectivity index (χ0v) is 37.5. The quantitative estimate of drug-likeness (QED) is 0.0674. The van der Waals surface area contributed by atoms with E-state index in [0.717, 1.165) is 44.4 Å². The fourth-order valence-electron chi connectivity index (χ4n) is 7.56. The van der Waals surface area contributed by atoms with Crippen molar-refractivity contribution < 1.29 is 32.9 Å². The fourth-order valence-corrected chi connectivity index (χ4v) is 8.90. The van der Waals surface area contributed by atoms with E-state index in [1.54, 1.807) is 47.9 Å². The Hall–Kier alpha value is -6.04. The summed E-state index contributed by atoms with van der Waals surface area (Å²) in [6, 6.07) is 19.2. The summed E-state index contributed by atoms with van der Waals surface area (Å²) in [5.74, 6) is 1.91. The van der Waals surface area contributed by atoms with Crippen molar-refractivity contribution >= 4 is 57.7 Å². The third kappa shape index (κ3) is 10.3. The largest absolute Gasteiger partial charge is 0.491 e. The molecule has 8 rings (SSSR count). The molecular formula is C47H48ClFN8O6S. The molecule has 2 aliphatic heterocycles. The van der Waals surface area contributed by atoms with Gasteiger partial charge in [-0.15, -0.1) is 21.5 Å². The monoisotopic (exact) mass is 906 g/mol. The highest BCUT2D eigenvalue weighted by molar-refractivity contribution is 7.15. The van der Waals surface area contributed by atoms with Crippen molar-refractivity contribution in [3.8, 4) is 21.9 Å². The van der Waals surface area contributed by atoms with Gasteiger partial charge in [0, 0.05) is 56.3 Å². The highest BCUT2D eigenvalue weighted by atomic mass is 35.5. The van der Waals surface area contributed by atoms with Crippen LogP contribution < -0.4 is 20.7 Å². The lowest BCUT2D eigenvalue weighted by molar-refractivity contribution is -0.117. The number of carbonyl (C=O) groups excluding carboxylic acids is 2. The van der Waals surface area contributed by atoms with Crippen LogP contribution in [-0.2, 0) is 30.2 Å². The van der Waals surface area contributed by atoms with E-state index < -0.39 is 11.9 Å². The Morgan fingerprint density at radius 2 is 1.62 bits per heavy atom. The highest BCUT2D eigenvalue weighted by Crippen LogP contribution is 2.40. The van der Waals surface area contributed by atoms with Crippen LogP contribution >= 0.6 is 22.9 Å². The van der Waals surface area contributed by atoms with Gasteiger partial charge >= 0.3 is 0 Å². The smallest absolute Gasteiger partial charge is 0.228 e. The maximum Gasteiger partial charge on any atom is 0.228 e. The van der Waals surface area contributed by atoms with Crippen LogP contribution in [-0.4, -0.2) is 90.1 Å². The SMILES string of the molecule is Cc1cc(NCCOCCOCCOCCOc2ccc(NC(=O)C[C@@H]3N=C(c4ccc(Cl)cc4)c4c(sc(C)c4C)-n4c(C)nnc43)cc2)ncc1-c1cc2c(cc1F)NC(=O)C2. The second-order valence-electron chi connectivity index (χ2n) is 15.4. The molecule has 0 saturated heterocycles. The zero-order valence-electron chi connectivity index (χ0n) is 35.9. The van der Waals surface area contributed by atoms with Crippen molar-refractivity contribution in [3.05, 3.63) is 128 Å². The van der Waals surface area contributed by atoms with Gasteiger partial charge in [0.2, 0.25) is 11.8 Å². The molecular weight excluding hydrogens is 859 g/mol. The van der Waals surface area contributed by atoms with Gasteiger partial charge in [-0.1, -0.05) is 23.7 Å². The minimum Gasteiger partial charge on any atom is -0.491 e. The predicted molar refractivity (Wildman–Crippen MR) is 246 cm³/mol. The molecule has 2 aliphatic rings. The first-order chi connectivity index (χ1) is 31.0. The van der Waals surface area contributed by atoms with E-state index in [-0.39, 0.29) is 24.7 Å². The first kappa shape index (κ1) is 44.6. The van der Waals surface area contributed by atoms with Crippen LogP contribution in [0.4, 0.5) is 21.6 Å². The Morgan fingerprint density at radius 1 is 0.906 bits per heavy atom. The van der Waals surface area contributed by atoms with Crippen LogP contribution in [0.1, 0.15) is 56.8 Å². The summed E-state index contributed by atoms with van der Waals surface area (Å²) < 4.78 is 39.6. The van der Waals surface area contributed by atoms with Crippen LogP contribution in [0.15, 0.2) is 77.9 Å². The zero-order chi connectivity index (χ0) is 44.7.